The van der Waals surface area contributed by atoms with E-state index in [9.17, 15) is 19.5 Å². The summed E-state index contributed by atoms with van der Waals surface area (Å²) < 4.78 is 5.23. The summed E-state index contributed by atoms with van der Waals surface area (Å²) in [4.78, 5) is 40.9. The molecule has 0 fully saturated rings. The maximum absolute atomic E-state index is 12.6. The summed E-state index contributed by atoms with van der Waals surface area (Å²) in [5.41, 5.74) is 10.4. The molecule has 9 nitrogen and oxygen atoms in total. The van der Waals surface area contributed by atoms with Crippen molar-refractivity contribution in [2.45, 2.75) is 19.2 Å². The van der Waals surface area contributed by atoms with Crippen molar-refractivity contribution in [3.8, 4) is 11.1 Å². The van der Waals surface area contributed by atoms with Gasteiger partial charge >= 0.3 is 18.0 Å². The second kappa shape index (κ2) is 13.0. The van der Waals surface area contributed by atoms with Crippen molar-refractivity contribution in [1.82, 2.24) is 10.3 Å². The van der Waals surface area contributed by atoms with Gasteiger partial charge in [-0.3, -0.25) is 14.6 Å². The second-order valence-corrected chi connectivity index (χ2v) is 8.77. The Kier molecular flexibility index (Phi) is 8.99. The number of hydrogen-bond donors (Lipinski definition) is 4. The average Bonchev–Trinajstić information content (AvgIpc) is 2.96. The van der Waals surface area contributed by atoms with Gasteiger partial charge in [0.05, 0.1) is 18.3 Å². The maximum atomic E-state index is 12.6. The number of aliphatic carboxylic acids is 1. The molecule has 39 heavy (non-hydrogen) atoms. The first kappa shape index (κ1) is 27.0. The molecular formula is C30H28N4O5. The number of nitrogens with zero attached hydrogens (tertiary/aromatic N) is 1. The van der Waals surface area contributed by atoms with Crippen LogP contribution in [-0.4, -0.2) is 28.1 Å². The van der Waals surface area contributed by atoms with E-state index in [1.807, 2.05) is 36.4 Å². The molecule has 3 aromatic carbocycles. The monoisotopic (exact) mass is 524 g/mol. The molecule has 0 aliphatic rings. The van der Waals surface area contributed by atoms with Crippen molar-refractivity contribution in [2.75, 3.05) is 5.32 Å². The van der Waals surface area contributed by atoms with Crippen molar-refractivity contribution in [3.05, 3.63) is 120 Å². The number of hydrogen-bond acceptors (Lipinski definition) is 6. The van der Waals surface area contributed by atoms with Crippen molar-refractivity contribution in [3.63, 3.8) is 0 Å². The van der Waals surface area contributed by atoms with Crippen molar-refractivity contribution >= 4 is 23.7 Å². The number of nitrogens with two attached hydrogens (primary N) is 1. The van der Waals surface area contributed by atoms with E-state index in [1.54, 1.807) is 66.9 Å². The van der Waals surface area contributed by atoms with E-state index in [1.165, 1.54) is 0 Å². The summed E-state index contributed by atoms with van der Waals surface area (Å²) in [6.45, 7) is 0.256. The fraction of sp³-hybridized carbons (Fsp3) is 0.133. The number of carboxylic acid groups (broad SMARTS) is 1. The van der Waals surface area contributed by atoms with Crippen LogP contribution in [0.3, 0.4) is 0 Å². The third-order valence-electron chi connectivity index (χ3n) is 6.01. The highest BCUT2D eigenvalue weighted by molar-refractivity contribution is 5.95. The van der Waals surface area contributed by atoms with Gasteiger partial charge in [-0.2, -0.15) is 0 Å². The van der Waals surface area contributed by atoms with Gasteiger partial charge in [0.1, 0.15) is 6.61 Å². The van der Waals surface area contributed by atoms with Crippen LogP contribution in [0.1, 0.15) is 22.9 Å². The predicted octanol–water partition coefficient (Wildman–Crippen LogP) is 4.51. The highest BCUT2D eigenvalue weighted by atomic mass is 16.5. The minimum atomic E-state index is -1.56. The molecule has 2 atom stereocenters. The van der Waals surface area contributed by atoms with Crippen LogP contribution in [-0.2, 0) is 27.5 Å². The Balaban J connectivity index is 1.39. The molecule has 4 aromatic rings. The average molecular weight is 525 g/mol. The van der Waals surface area contributed by atoms with E-state index >= 15 is 0 Å². The summed E-state index contributed by atoms with van der Waals surface area (Å²) in [5, 5.41) is 15.2. The highest BCUT2D eigenvalue weighted by Gasteiger charge is 2.35. The first-order valence-electron chi connectivity index (χ1n) is 12.2. The number of amides is 2. The van der Waals surface area contributed by atoms with Crippen LogP contribution < -0.4 is 16.4 Å². The number of benzene rings is 3. The molecule has 2 amide bonds. The number of pyridine rings is 1. The fourth-order valence-electron chi connectivity index (χ4n) is 3.94. The van der Waals surface area contributed by atoms with Gasteiger partial charge in [0, 0.05) is 11.9 Å². The molecule has 0 unspecified atom stereocenters. The Hall–Kier alpha value is -5.02. The number of aromatic nitrogens is 1. The van der Waals surface area contributed by atoms with Crippen LogP contribution in [0, 0.1) is 5.92 Å². The molecule has 0 aliphatic carbocycles. The molecule has 198 valence electrons. The standard InChI is InChI=1S/C30H28N4O5/c31-27(26(28(35)36)29(37)39-19-20-7-2-1-3-8-20)22-14-12-21(13-15-22)23-9-6-11-24(17-23)34-30(38)33-18-25-10-4-5-16-32-25/h1-17,26-27H,18-19,31H2,(H,35,36)(H2,33,34,38)/t26-,27-/m1/s1. The Morgan fingerprint density at radius 1 is 0.872 bits per heavy atom. The number of nitrogens with one attached hydrogen (secondary N) is 2. The molecule has 5 N–H and O–H groups in total. The van der Waals surface area contributed by atoms with Gasteiger partial charge in [-0.05, 0) is 46.5 Å². The van der Waals surface area contributed by atoms with E-state index < -0.39 is 23.9 Å². The molecule has 0 aliphatic heterocycles. The number of anilines is 1. The first-order valence-corrected chi connectivity index (χ1v) is 12.2. The lowest BCUT2D eigenvalue weighted by molar-refractivity contribution is -0.160. The van der Waals surface area contributed by atoms with Crippen LogP contribution in [0.4, 0.5) is 10.5 Å². The number of esters is 1. The predicted molar refractivity (Wildman–Crippen MR) is 146 cm³/mol. The quantitative estimate of drug-likeness (QED) is 0.176. The van der Waals surface area contributed by atoms with E-state index in [2.05, 4.69) is 15.6 Å². The zero-order valence-corrected chi connectivity index (χ0v) is 21.0. The third-order valence-corrected chi connectivity index (χ3v) is 6.01. The molecule has 4 rings (SSSR count). The zero-order chi connectivity index (χ0) is 27.6. The van der Waals surface area contributed by atoms with Crippen LogP contribution in [0.15, 0.2) is 103 Å². The summed E-state index contributed by atoms with van der Waals surface area (Å²) in [7, 11) is 0. The summed E-state index contributed by atoms with van der Waals surface area (Å²) in [6, 6.07) is 27.2. The van der Waals surface area contributed by atoms with Gasteiger partial charge in [0.15, 0.2) is 5.92 Å². The van der Waals surface area contributed by atoms with Crippen molar-refractivity contribution < 1.29 is 24.2 Å². The fourth-order valence-corrected chi connectivity index (χ4v) is 3.94. The lowest BCUT2D eigenvalue weighted by Gasteiger charge is -2.20. The Morgan fingerprint density at radius 2 is 1.62 bits per heavy atom. The second-order valence-electron chi connectivity index (χ2n) is 8.77. The number of carbonyl (C=O) groups excluding carboxylic acids is 2. The number of carboxylic acids is 1. The van der Waals surface area contributed by atoms with Gasteiger partial charge in [-0.1, -0.05) is 72.8 Å². The largest absolute Gasteiger partial charge is 0.481 e. The van der Waals surface area contributed by atoms with E-state index in [4.69, 9.17) is 10.5 Å². The first-order chi connectivity index (χ1) is 18.9. The van der Waals surface area contributed by atoms with Crippen molar-refractivity contribution in [1.29, 1.82) is 0 Å². The van der Waals surface area contributed by atoms with E-state index in [0.717, 1.165) is 22.4 Å². The summed E-state index contributed by atoms with van der Waals surface area (Å²) >= 11 is 0. The number of ether oxygens (including phenoxy) is 1. The molecule has 0 spiro atoms. The topological polar surface area (TPSA) is 144 Å². The molecule has 0 saturated carbocycles. The minimum absolute atomic E-state index is 0.0410. The van der Waals surface area contributed by atoms with Crippen LogP contribution >= 0.6 is 0 Å². The molecule has 1 heterocycles. The van der Waals surface area contributed by atoms with Crippen LogP contribution in [0.25, 0.3) is 11.1 Å². The molecule has 9 heteroatoms. The van der Waals surface area contributed by atoms with Gasteiger partial charge in [-0.25, -0.2) is 4.79 Å². The maximum Gasteiger partial charge on any atom is 0.322 e. The lowest BCUT2D eigenvalue weighted by Crippen LogP contribution is -2.35. The van der Waals surface area contributed by atoms with Gasteiger partial charge < -0.3 is 26.2 Å². The third kappa shape index (κ3) is 7.50. The summed E-state index contributed by atoms with van der Waals surface area (Å²) in [5.74, 6) is -3.82. The van der Waals surface area contributed by atoms with Gasteiger partial charge in [0.2, 0.25) is 0 Å². The smallest absolute Gasteiger partial charge is 0.322 e. The number of rotatable bonds is 10. The SMILES string of the molecule is N[C@H](c1ccc(-c2cccc(NC(=O)NCc3ccccn3)c2)cc1)[C@H](C(=O)O)C(=O)OCc1ccccc1. The van der Waals surface area contributed by atoms with E-state index in [0.29, 0.717) is 17.8 Å². The Morgan fingerprint density at radius 3 is 2.31 bits per heavy atom. The minimum Gasteiger partial charge on any atom is -0.481 e. The number of carbonyl (C=O) groups is 3. The van der Waals surface area contributed by atoms with Crippen LogP contribution in [0.5, 0.6) is 0 Å². The van der Waals surface area contributed by atoms with Gasteiger partial charge in [0.25, 0.3) is 0 Å². The molecule has 0 radical (unpaired) electrons. The Bertz CT molecular complexity index is 1410. The van der Waals surface area contributed by atoms with Crippen LogP contribution in [0.2, 0.25) is 0 Å². The molecule has 0 bridgehead atoms. The molecule has 1 aromatic heterocycles. The summed E-state index contributed by atoms with van der Waals surface area (Å²) in [6.07, 6.45) is 1.66. The van der Waals surface area contributed by atoms with Crippen molar-refractivity contribution in [2.24, 2.45) is 11.7 Å². The highest BCUT2D eigenvalue weighted by Crippen LogP contribution is 2.27. The zero-order valence-electron chi connectivity index (χ0n) is 21.0. The van der Waals surface area contributed by atoms with Gasteiger partial charge in [-0.15, -0.1) is 0 Å². The Labute approximate surface area is 225 Å². The number of urea groups is 1. The molecule has 0 saturated heterocycles. The lowest BCUT2D eigenvalue weighted by atomic mass is 9.92. The molecular weight excluding hydrogens is 496 g/mol. The normalized spacial score (nSPS) is 12.1. The van der Waals surface area contributed by atoms with E-state index in [-0.39, 0.29) is 12.6 Å².